The topological polar surface area (TPSA) is 93.1 Å². The molecule has 2 N–H and O–H groups in total. The second-order valence-corrected chi connectivity index (χ2v) is 7.56. The lowest BCUT2D eigenvalue weighted by Gasteiger charge is -2.09. The molecule has 2 aromatic rings. The minimum atomic E-state index is -0.399. The summed E-state index contributed by atoms with van der Waals surface area (Å²) in [6, 6.07) is 10.2. The Balaban J connectivity index is 0.000000171. The second-order valence-electron chi connectivity index (χ2n) is 7.56. The van der Waals surface area contributed by atoms with Crippen molar-refractivity contribution in [3.63, 3.8) is 0 Å². The van der Waals surface area contributed by atoms with Gasteiger partial charge in [-0.15, -0.1) is 0 Å². The Labute approximate surface area is 176 Å². The number of hydrogen-bond acceptors (Lipinski definition) is 6. The van der Waals surface area contributed by atoms with Crippen LogP contribution in [0.25, 0.3) is 0 Å². The SMILES string of the molecule is CCCCC1OC(=O)c2c(O)cccc21.CCCC[C@@H]1OC(=O)c2c(O)cccc21. The molecule has 4 rings (SSSR count). The van der Waals surface area contributed by atoms with Gasteiger partial charge in [0.15, 0.2) is 0 Å². The van der Waals surface area contributed by atoms with E-state index in [2.05, 4.69) is 13.8 Å². The summed E-state index contributed by atoms with van der Waals surface area (Å²) in [6.45, 7) is 4.19. The Morgan fingerprint density at radius 3 is 1.50 bits per heavy atom. The van der Waals surface area contributed by atoms with E-state index in [4.69, 9.17) is 9.47 Å². The molecule has 2 aliphatic rings. The number of esters is 2. The Hall–Kier alpha value is -3.02. The van der Waals surface area contributed by atoms with Crippen LogP contribution >= 0.6 is 0 Å². The van der Waals surface area contributed by atoms with E-state index in [1.807, 2.05) is 12.1 Å². The molecule has 6 nitrogen and oxygen atoms in total. The van der Waals surface area contributed by atoms with Crippen molar-refractivity contribution in [3.05, 3.63) is 58.7 Å². The molecular formula is C24H28O6. The van der Waals surface area contributed by atoms with E-state index in [0.717, 1.165) is 49.7 Å². The van der Waals surface area contributed by atoms with Crippen LogP contribution in [-0.2, 0) is 9.47 Å². The number of phenols is 2. The fourth-order valence-corrected chi connectivity index (χ4v) is 3.81. The second kappa shape index (κ2) is 9.65. The van der Waals surface area contributed by atoms with E-state index in [1.54, 1.807) is 12.1 Å². The van der Waals surface area contributed by atoms with Crippen LogP contribution < -0.4 is 0 Å². The number of ether oxygens (including phenoxy) is 2. The van der Waals surface area contributed by atoms with Crippen LogP contribution in [0.2, 0.25) is 0 Å². The highest BCUT2D eigenvalue weighted by atomic mass is 16.6. The van der Waals surface area contributed by atoms with E-state index in [9.17, 15) is 19.8 Å². The van der Waals surface area contributed by atoms with Gasteiger partial charge in [0.1, 0.15) is 34.8 Å². The Bertz CT molecular complexity index is 844. The van der Waals surface area contributed by atoms with Crippen LogP contribution in [0.5, 0.6) is 11.5 Å². The van der Waals surface area contributed by atoms with E-state index >= 15 is 0 Å². The number of unbranched alkanes of at least 4 members (excludes halogenated alkanes) is 2. The van der Waals surface area contributed by atoms with Crippen LogP contribution in [0, 0.1) is 0 Å². The van der Waals surface area contributed by atoms with E-state index in [-0.39, 0.29) is 23.7 Å². The summed E-state index contributed by atoms with van der Waals surface area (Å²) in [4.78, 5) is 23.0. The van der Waals surface area contributed by atoms with Crippen molar-refractivity contribution >= 4 is 11.9 Å². The molecule has 0 bridgehead atoms. The number of hydrogen-bond donors (Lipinski definition) is 2. The van der Waals surface area contributed by atoms with Crippen molar-refractivity contribution < 1.29 is 29.3 Å². The number of carbonyl (C=O) groups excluding carboxylic acids is 2. The molecule has 0 saturated carbocycles. The lowest BCUT2D eigenvalue weighted by molar-refractivity contribution is 0.0353. The van der Waals surface area contributed by atoms with Gasteiger partial charge in [0.25, 0.3) is 0 Å². The predicted molar refractivity (Wildman–Crippen MR) is 112 cm³/mol. The molecule has 0 saturated heterocycles. The fraction of sp³-hybridized carbons (Fsp3) is 0.417. The third-order valence-corrected chi connectivity index (χ3v) is 5.39. The maximum Gasteiger partial charge on any atom is 0.342 e. The van der Waals surface area contributed by atoms with Crippen molar-refractivity contribution in [1.82, 2.24) is 0 Å². The summed E-state index contributed by atoms with van der Waals surface area (Å²) in [5.41, 5.74) is 2.35. The van der Waals surface area contributed by atoms with Gasteiger partial charge in [-0.25, -0.2) is 9.59 Å². The van der Waals surface area contributed by atoms with Crippen LogP contribution in [0.15, 0.2) is 36.4 Å². The molecule has 160 valence electrons. The van der Waals surface area contributed by atoms with Crippen LogP contribution in [-0.4, -0.2) is 22.2 Å². The van der Waals surface area contributed by atoms with Crippen molar-refractivity contribution in [2.75, 3.05) is 0 Å². The molecule has 2 aliphatic heterocycles. The maximum atomic E-state index is 11.5. The maximum absolute atomic E-state index is 11.5. The first-order valence-corrected chi connectivity index (χ1v) is 10.5. The van der Waals surface area contributed by atoms with Gasteiger partial charge in [0.05, 0.1) is 0 Å². The number of cyclic esters (lactones) is 2. The largest absolute Gasteiger partial charge is 0.507 e. The molecule has 6 heteroatoms. The molecule has 2 aromatic carbocycles. The van der Waals surface area contributed by atoms with Gasteiger partial charge in [-0.05, 0) is 37.8 Å². The molecule has 0 aliphatic carbocycles. The summed E-state index contributed by atoms with van der Waals surface area (Å²) in [6.07, 6.45) is 5.51. The average molecular weight is 412 g/mol. The lowest BCUT2D eigenvalue weighted by Crippen LogP contribution is -1.98. The third kappa shape index (κ3) is 4.42. The van der Waals surface area contributed by atoms with Gasteiger partial charge in [0, 0.05) is 11.1 Å². The monoisotopic (exact) mass is 412 g/mol. The van der Waals surface area contributed by atoms with Gasteiger partial charge in [0.2, 0.25) is 0 Å². The highest BCUT2D eigenvalue weighted by Crippen LogP contribution is 2.39. The van der Waals surface area contributed by atoms with Gasteiger partial charge >= 0.3 is 11.9 Å². The Morgan fingerprint density at radius 2 is 1.13 bits per heavy atom. The molecule has 1 unspecified atom stereocenters. The first-order valence-electron chi connectivity index (χ1n) is 10.5. The van der Waals surface area contributed by atoms with Gasteiger partial charge in [-0.3, -0.25) is 0 Å². The number of aromatic hydroxyl groups is 2. The minimum absolute atomic E-state index is 0.0245. The standard InChI is InChI=1S/2C12H14O3/c2*1-2-3-7-10-8-5-4-6-9(13)11(8)12(14)15-10/h2*4-6,10,13H,2-3,7H2,1H3/t10-;/m0./s1. The zero-order chi connectivity index (χ0) is 21.7. The van der Waals surface area contributed by atoms with Gasteiger partial charge < -0.3 is 19.7 Å². The van der Waals surface area contributed by atoms with Crippen LogP contribution in [0.1, 0.15) is 96.4 Å². The number of phenolic OH excluding ortho intramolecular Hbond substituents is 2. The van der Waals surface area contributed by atoms with Crippen molar-refractivity contribution in [1.29, 1.82) is 0 Å². The molecule has 0 spiro atoms. The smallest absolute Gasteiger partial charge is 0.342 e. The van der Waals surface area contributed by atoms with Crippen LogP contribution in [0.3, 0.4) is 0 Å². The Kier molecular flexibility index (Phi) is 6.98. The minimum Gasteiger partial charge on any atom is -0.507 e. The molecule has 2 atom stereocenters. The average Bonchev–Trinajstić information content (AvgIpc) is 3.23. The van der Waals surface area contributed by atoms with E-state index in [1.165, 1.54) is 12.1 Å². The first kappa shape index (κ1) is 21.7. The zero-order valence-corrected chi connectivity index (χ0v) is 17.4. The number of carbonyl (C=O) groups is 2. The van der Waals surface area contributed by atoms with Gasteiger partial charge in [-0.1, -0.05) is 51.0 Å². The third-order valence-electron chi connectivity index (χ3n) is 5.39. The van der Waals surface area contributed by atoms with Crippen molar-refractivity contribution in [2.24, 2.45) is 0 Å². The molecule has 30 heavy (non-hydrogen) atoms. The molecule has 0 radical (unpaired) electrons. The summed E-state index contributed by atoms with van der Waals surface area (Å²) in [5, 5.41) is 19.1. The number of fused-ring (bicyclic) bond motifs is 2. The quantitative estimate of drug-likeness (QED) is 0.601. The Morgan fingerprint density at radius 1 is 0.733 bits per heavy atom. The summed E-state index contributed by atoms with van der Waals surface area (Å²) in [5.74, 6) is -0.749. The molecule has 2 heterocycles. The van der Waals surface area contributed by atoms with E-state index in [0.29, 0.717) is 11.1 Å². The van der Waals surface area contributed by atoms with Crippen LogP contribution in [0.4, 0.5) is 0 Å². The number of rotatable bonds is 6. The summed E-state index contributed by atoms with van der Waals surface area (Å²) >= 11 is 0. The number of benzene rings is 2. The van der Waals surface area contributed by atoms with E-state index < -0.39 is 11.9 Å². The predicted octanol–water partition coefficient (Wildman–Crippen LogP) is 5.59. The molecule has 0 amide bonds. The summed E-state index contributed by atoms with van der Waals surface area (Å²) < 4.78 is 10.4. The normalized spacial score (nSPS) is 18.7. The van der Waals surface area contributed by atoms with Gasteiger partial charge in [-0.2, -0.15) is 0 Å². The van der Waals surface area contributed by atoms with Crippen molar-refractivity contribution in [2.45, 2.75) is 64.6 Å². The van der Waals surface area contributed by atoms with Crippen molar-refractivity contribution in [3.8, 4) is 11.5 Å². The molecule has 0 aromatic heterocycles. The molecule has 0 fully saturated rings. The highest BCUT2D eigenvalue weighted by Gasteiger charge is 2.33. The zero-order valence-electron chi connectivity index (χ0n) is 17.4. The molecular weight excluding hydrogens is 384 g/mol. The summed E-state index contributed by atoms with van der Waals surface area (Å²) in [7, 11) is 0. The fourth-order valence-electron chi connectivity index (χ4n) is 3.81. The highest BCUT2D eigenvalue weighted by molar-refractivity contribution is 5.97. The first-order chi connectivity index (χ1) is 14.5. The lowest BCUT2D eigenvalue weighted by atomic mass is 10.0.